The van der Waals surface area contributed by atoms with E-state index < -0.39 is 38.8 Å². The summed E-state index contributed by atoms with van der Waals surface area (Å²) in [6.07, 6.45) is -1.26. The van der Waals surface area contributed by atoms with Crippen molar-refractivity contribution in [2.75, 3.05) is 0 Å². The van der Waals surface area contributed by atoms with Crippen molar-refractivity contribution in [3.63, 3.8) is 0 Å². The zero-order valence-electron chi connectivity index (χ0n) is 15.9. The Hall–Kier alpha value is -1.86. The molecule has 2 atom stereocenters. The summed E-state index contributed by atoms with van der Waals surface area (Å²) in [6.45, 7) is 11.1. The van der Waals surface area contributed by atoms with Gasteiger partial charge in [-0.3, -0.25) is 0 Å². The van der Waals surface area contributed by atoms with Crippen LogP contribution in [0.15, 0.2) is 30.3 Å². The summed E-state index contributed by atoms with van der Waals surface area (Å²) in [4.78, 5) is 24.4. The summed E-state index contributed by atoms with van der Waals surface area (Å²) in [5.74, 6) is -1.09. The predicted octanol–water partition coefficient (Wildman–Crippen LogP) is 3.27. The van der Waals surface area contributed by atoms with Crippen molar-refractivity contribution in [1.82, 2.24) is 4.57 Å². The summed E-state index contributed by atoms with van der Waals surface area (Å²) < 4.78 is 12.5. The van der Waals surface area contributed by atoms with Gasteiger partial charge >= 0.3 is 12.1 Å². The number of rotatable bonds is 7. The van der Waals surface area contributed by atoms with E-state index >= 15 is 0 Å². The lowest BCUT2D eigenvalue weighted by Crippen LogP contribution is -2.57. The van der Waals surface area contributed by atoms with E-state index in [9.17, 15) is 14.7 Å². The number of carboxylic acid groups (broad SMARTS) is 1. The van der Waals surface area contributed by atoms with Gasteiger partial charge in [-0.05, 0) is 33.3 Å². The summed E-state index contributed by atoms with van der Waals surface area (Å²) in [7, 11) is -1.81. The minimum absolute atomic E-state index is 0.109. The first-order chi connectivity index (χ1) is 11.5. The molecule has 0 heterocycles. The van der Waals surface area contributed by atoms with Crippen molar-refractivity contribution in [1.29, 1.82) is 0 Å². The molecule has 0 spiro atoms. The molecule has 1 unspecified atom stereocenters. The highest BCUT2D eigenvalue weighted by Crippen LogP contribution is 2.19. The first-order valence-corrected chi connectivity index (χ1v) is 11.2. The quantitative estimate of drug-likeness (QED) is 0.749. The van der Waals surface area contributed by atoms with Crippen molar-refractivity contribution in [3.8, 4) is 0 Å². The first kappa shape index (κ1) is 21.2. The van der Waals surface area contributed by atoms with Gasteiger partial charge in [-0.25, -0.2) is 9.59 Å². The molecule has 0 saturated heterocycles. The van der Waals surface area contributed by atoms with E-state index in [0.29, 0.717) is 0 Å². The molecule has 1 aromatic rings. The van der Waals surface area contributed by atoms with Gasteiger partial charge in [-0.2, -0.15) is 0 Å². The molecule has 0 radical (unpaired) electrons. The minimum atomic E-state index is -1.81. The van der Waals surface area contributed by atoms with E-state index in [1.807, 2.05) is 64.2 Å². The molecule has 1 amide bonds. The standard InChI is InChI=1S/C18H29NO5Si/c1-13(24-18(2,3)4)15(16(20)21)19(25(5)6)17(22)23-12-14-10-8-7-9-11-14/h7-11,13,15,25H,12H2,1-6H3,(H,20,21)/t13?,15-/m0/s1. The maximum Gasteiger partial charge on any atom is 0.402 e. The lowest BCUT2D eigenvalue weighted by Gasteiger charge is -2.37. The Kier molecular flexibility index (Phi) is 7.63. The van der Waals surface area contributed by atoms with Gasteiger partial charge in [0.25, 0.3) is 0 Å². The van der Waals surface area contributed by atoms with Crippen LogP contribution in [0.2, 0.25) is 13.1 Å². The number of amides is 1. The summed E-state index contributed by atoms with van der Waals surface area (Å²) >= 11 is 0. The smallest absolute Gasteiger partial charge is 0.402 e. The molecule has 0 aliphatic rings. The molecule has 1 rings (SSSR count). The highest BCUT2D eigenvalue weighted by molar-refractivity contribution is 6.55. The third-order valence-corrected chi connectivity index (χ3v) is 5.15. The van der Waals surface area contributed by atoms with E-state index in [0.717, 1.165) is 5.56 Å². The number of hydrogen-bond donors (Lipinski definition) is 1. The van der Waals surface area contributed by atoms with Crippen LogP contribution >= 0.6 is 0 Å². The fourth-order valence-electron chi connectivity index (χ4n) is 2.61. The molecule has 0 aromatic heterocycles. The molecule has 0 fully saturated rings. The monoisotopic (exact) mass is 367 g/mol. The average molecular weight is 368 g/mol. The van der Waals surface area contributed by atoms with E-state index in [2.05, 4.69) is 0 Å². The van der Waals surface area contributed by atoms with Crippen molar-refractivity contribution < 1.29 is 24.2 Å². The van der Waals surface area contributed by atoms with Gasteiger partial charge in [-0.1, -0.05) is 43.4 Å². The third-order valence-electron chi connectivity index (χ3n) is 3.51. The highest BCUT2D eigenvalue weighted by Gasteiger charge is 2.39. The Balaban J connectivity index is 2.92. The molecule has 6 nitrogen and oxygen atoms in total. The van der Waals surface area contributed by atoms with Gasteiger partial charge in [-0.15, -0.1) is 0 Å². The molecule has 0 bridgehead atoms. The van der Waals surface area contributed by atoms with Crippen LogP contribution in [0.5, 0.6) is 0 Å². The topological polar surface area (TPSA) is 76.1 Å². The lowest BCUT2D eigenvalue weighted by molar-refractivity contribution is -0.151. The third kappa shape index (κ3) is 6.87. The molecular formula is C18H29NO5Si. The molecule has 1 aromatic carbocycles. The Bertz CT molecular complexity index is 571. The van der Waals surface area contributed by atoms with Gasteiger partial charge in [0.05, 0.1) is 11.7 Å². The fraction of sp³-hybridized carbons (Fsp3) is 0.556. The predicted molar refractivity (Wildman–Crippen MR) is 99.1 cm³/mol. The first-order valence-electron chi connectivity index (χ1n) is 8.42. The van der Waals surface area contributed by atoms with E-state index in [1.54, 1.807) is 6.92 Å². The van der Waals surface area contributed by atoms with Crippen molar-refractivity contribution in [2.45, 2.75) is 65.1 Å². The Morgan fingerprint density at radius 3 is 2.20 bits per heavy atom. The summed E-state index contributed by atoms with van der Waals surface area (Å²) in [6, 6.07) is 8.23. The Labute approximate surface area is 151 Å². The maximum absolute atomic E-state index is 12.6. The molecule has 0 saturated carbocycles. The molecule has 25 heavy (non-hydrogen) atoms. The number of benzene rings is 1. The number of hydrogen-bond acceptors (Lipinski definition) is 4. The van der Waals surface area contributed by atoms with Crippen LogP contribution in [0, 0.1) is 0 Å². The van der Waals surface area contributed by atoms with E-state index in [1.165, 1.54) is 4.57 Å². The van der Waals surface area contributed by atoms with Gasteiger partial charge in [0.1, 0.15) is 15.6 Å². The zero-order valence-corrected chi connectivity index (χ0v) is 17.0. The second-order valence-electron chi connectivity index (χ2n) is 7.26. The largest absolute Gasteiger partial charge is 0.480 e. The maximum atomic E-state index is 12.6. The molecule has 7 heteroatoms. The van der Waals surface area contributed by atoms with Crippen LogP contribution in [0.4, 0.5) is 4.79 Å². The molecular weight excluding hydrogens is 338 g/mol. The lowest BCUT2D eigenvalue weighted by atomic mass is 10.1. The SMILES string of the molecule is CC(OC(C)(C)C)[C@@H](C(=O)O)N(C(=O)OCc1ccccc1)[SiH](C)C. The Morgan fingerprint density at radius 2 is 1.76 bits per heavy atom. The number of carbonyl (C=O) groups excluding carboxylic acids is 1. The van der Waals surface area contributed by atoms with Crippen LogP contribution in [-0.2, 0) is 20.9 Å². The highest BCUT2D eigenvalue weighted by atomic mass is 28.3. The van der Waals surface area contributed by atoms with E-state index in [4.69, 9.17) is 9.47 Å². The Morgan fingerprint density at radius 1 is 1.20 bits per heavy atom. The van der Waals surface area contributed by atoms with Crippen molar-refractivity contribution in [3.05, 3.63) is 35.9 Å². The number of ether oxygens (including phenoxy) is 2. The molecule has 0 aliphatic carbocycles. The number of carbonyl (C=O) groups is 2. The summed E-state index contributed by atoms with van der Waals surface area (Å²) in [5, 5.41) is 9.69. The van der Waals surface area contributed by atoms with Crippen LogP contribution in [0.3, 0.4) is 0 Å². The van der Waals surface area contributed by atoms with Gasteiger partial charge in [0.2, 0.25) is 0 Å². The number of aliphatic carboxylic acids is 1. The van der Waals surface area contributed by atoms with Crippen molar-refractivity contribution >= 4 is 21.0 Å². The van der Waals surface area contributed by atoms with Crippen LogP contribution < -0.4 is 0 Å². The minimum Gasteiger partial charge on any atom is -0.480 e. The zero-order chi connectivity index (χ0) is 19.2. The van der Waals surface area contributed by atoms with Crippen LogP contribution in [0.25, 0.3) is 0 Å². The average Bonchev–Trinajstić information content (AvgIpc) is 2.48. The van der Waals surface area contributed by atoms with E-state index in [-0.39, 0.29) is 6.61 Å². The number of carboxylic acids is 1. The fourth-order valence-corrected chi connectivity index (χ4v) is 4.12. The normalized spacial score (nSPS) is 14.0. The van der Waals surface area contributed by atoms with Crippen LogP contribution in [0.1, 0.15) is 33.3 Å². The molecule has 1 N–H and O–H groups in total. The summed E-state index contributed by atoms with van der Waals surface area (Å²) in [5.41, 5.74) is 0.345. The van der Waals surface area contributed by atoms with Gasteiger partial charge < -0.3 is 19.1 Å². The second kappa shape index (κ2) is 9.01. The second-order valence-corrected chi connectivity index (χ2v) is 10.0. The van der Waals surface area contributed by atoms with Gasteiger partial charge in [0, 0.05) is 0 Å². The molecule has 0 aliphatic heterocycles. The molecule has 140 valence electrons. The van der Waals surface area contributed by atoms with Gasteiger partial charge in [0.15, 0.2) is 6.04 Å². The van der Waals surface area contributed by atoms with Crippen molar-refractivity contribution in [2.24, 2.45) is 0 Å². The number of nitrogens with zero attached hydrogens (tertiary/aromatic N) is 1. The van der Waals surface area contributed by atoms with Crippen LogP contribution in [-0.4, -0.2) is 48.4 Å².